The van der Waals surface area contributed by atoms with Gasteiger partial charge in [0.25, 0.3) is 0 Å². The largest absolute Gasteiger partial charge is 0.449 e. The molecule has 0 N–H and O–H groups in total. The molecule has 6 heteroatoms. The minimum atomic E-state index is -0.532. The van der Waals surface area contributed by atoms with Crippen molar-refractivity contribution < 1.29 is 14.1 Å². The van der Waals surface area contributed by atoms with Crippen LogP contribution in [0.25, 0.3) is 0 Å². The van der Waals surface area contributed by atoms with E-state index < -0.39 is 10.7 Å². The molecule has 0 atom stereocenters. The molecule has 2 aromatic carbocycles. The van der Waals surface area contributed by atoms with Crippen LogP contribution in [0.3, 0.4) is 0 Å². The maximum absolute atomic E-state index is 13.2. The molecule has 0 radical (unpaired) electrons. The highest BCUT2D eigenvalue weighted by molar-refractivity contribution is 9.10. The van der Waals surface area contributed by atoms with Gasteiger partial charge in [0.05, 0.1) is 9.40 Å². The van der Waals surface area contributed by atoms with Crippen LogP contribution in [-0.4, -0.2) is 4.92 Å². The van der Waals surface area contributed by atoms with E-state index in [9.17, 15) is 14.5 Å². The number of ether oxygens (including phenoxy) is 1. The Bertz CT molecular complexity index is 646. The lowest BCUT2D eigenvalue weighted by molar-refractivity contribution is -0.385. The molecule has 0 amide bonds. The van der Waals surface area contributed by atoms with Gasteiger partial charge in [-0.2, -0.15) is 0 Å². The van der Waals surface area contributed by atoms with E-state index in [-0.39, 0.29) is 17.2 Å². The van der Waals surface area contributed by atoms with E-state index in [0.29, 0.717) is 10.0 Å². The van der Waals surface area contributed by atoms with Crippen LogP contribution in [0.4, 0.5) is 10.1 Å². The molecular weight excluding hydrogens is 317 g/mol. The van der Waals surface area contributed by atoms with Crippen molar-refractivity contribution in [3.8, 4) is 11.5 Å². The smallest absolute Gasteiger partial charge is 0.311 e. The average Bonchev–Trinajstić information content (AvgIpc) is 2.35. The molecule has 0 aromatic heterocycles. The molecule has 0 fully saturated rings. The lowest BCUT2D eigenvalue weighted by Gasteiger charge is -2.10. The highest BCUT2D eigenvalue weighted by atomic mass is 79.9. The highest BCUT2D eigenvalue weighted by Crippen LogP contribution is 2.37. The van der Waals surface area contributed by atoms with Gasteiger partial charge in [0.1, 0.15) is 11.6 Å². The fourth-order valence-electron chi connectivity index (χ4n) is 1.58. The number of hydrogen-bond acceptors (Lipinski definition) is 3. The maximum atomic E-state index is 13.2. The monoisotopic (exact) mass is 325 g/mol. The predicted molar refractivity (Wildman–Crippen MR) is 72.0 cm³/mol. The Morgan fingerprint density at radius 3 is 2.74 bits per heavy atom. The van der Waals surface area contributed by atoms with Crippen molar-refractivity contribution in [3.63, 3.8) is 0 Å². The maximum Gasteiger partial charge on any atom is 0.311 e. The number of nitro benzene ring substituents is 1. The molecule has 2 aromatic rings. The Kier molecular flexibility index (Phi) is 3.80. The molecule has 98 valence electrons. The van der Waals surface area contributed by atoms with Crippen molar-refractivity contribution in [3.05, 3.63) is 62.4 Å². The van der Waals surface area contributed by atoms with Crippen LogP contribution in [0, 0.1) is 22.9 Å². The van der Waals surface area contributed by atoms with E-state index in [2.05, 4.69) is 15.9 Å². The number of nitro groups is 1. The number of aryl methyl sites for hydroxylation is 1. The fourth-order valence-corrected chi connectivity index (χ4v) is 1.91. The molecular formula is C13H9BrFNO3. The highest BCUT2D eigenvalue weighted by Gasteiger charge is 2.18. The first kappa shape index (κ1) is 13.5. The third kappa shape index (κ3) is 2.90. The summed E-state index contributed by atoms with van der Waals surface area (Å²) in [5.41, 5.74) is 0.446. The van der Waals surface area contributed by atoms with Crippen LogP contribution in [0.15, 0.2) is 40.9 Å². The van der Waals surface area contributed by atoms with Crippen LogP contribution in [-0.2, 0) is 0 Å². The standard InChI is InChI=1S/C13H9BrFNO3/c1-8-3-2-4-11(16(17)18)13(8)19-12-7-9(15)5-6-10(12)14/h2-7H,1H3. The van der Waals surface area contributed by atoms with Crippen molar-refractivity contribution in [1.82, 2.24) is 0 Å². The van der Waals surface area contributed by atoms with Gasteiger partial charge in [0, 0.05) is 12.1 Å². The molecule has 0 aliphatic heterocycles. The van der Waals surface area contributed by atoms with Gasteiger partial charge in [-0.05, 0) is 40.5 Å². The van der Waals surface area contributed by atoms with E-state index in [1.807, 2.05) is 0 Å². The van der Waals surface area contributed by atoms with Gasteiger partial charge in [0.2, 0.25) is 5.75 Å². The molecule has 0 bridgehead atoms. The Morgan fingerprint density at radius 1 is 1.32 bits per heavy atom. The summed E-state index contributed by atoms with van der Waals surface area (Å²) in [5.74, 6) is -0.175. The second-order valence-electron chi connectivity index (χ2n) is 3.86. The van der Waals surface area contributed by atoms with Crippen LogP contribution < -0.4 is 4.74 Å². The zero-order valence-corrected chi connectivity index (χ0v) is 11.5. The molecule has 4 nitrogen and oxygen atoms in total. The predicted octanol–water partition coefficient (Wildman–Crippen LogP) is 4.60. The van der Waals surface area contributed by atoms with Gasteiger partial charge >= 0.3 is 5.69 Å². The summed E-state index contributed by atoms with van der Waals surface area (Å²) in [6, 6.07) is 8.52. The van der Waals surface area contributed by atoms with E-state index in [1.54, 1.807) is 19.1 Å². The first-order valence-electron chi connectivity index (χ1n) is 5.36. The topological polar surface area (TPSA) is 52.4 Å². The average molecular weight is 326 g/mol. The summed E-state index contributed by atoms with van der Waals surface area (Å²) in [4.78, 5) is 10.4. The Balaban J connectivity index is 2.49. The Hall–Kier alpha value is -1.95. The van der Waals surface area contributed by atoms with Crippen LogP contribution in [0.5, 0.6) is 11.5 Å². The van der Waals surface area contributed by atoms with Crippen molar-refractivity contribution in [2.75, 3.05) is 0 Å². The summed E-state index contributed by atoms with van der Waals surface area (Å²) in [6.45, 7) is 1.69. The second kappa shape index (κ2) is 5.36. The number of para-hydroxylation sites is 1. The van der Waals surface area contributed by atoms with Crippen LogP contribution in [0.2, 0.25) is 0 Å². The van der Waals surface area contributed by atoms with Gasteiger partial charge in [-0.1, -0.05) is 12.1 Å². The number of rotatable bonds is 3. The molecule has 0 aliphatic rings. The Labute approximate surface area is 117 Å². The van der Waals surface area contributed by atoms with E-state index >= 15 is 0 Å². The van der Waals surface area contributed by atoms with E-state index in [1.165, 1.54) is 24.3 Å². The lowest BCUT2D eigenvalue weighted by atomic mass is 10.2. The minimum Gasteiger partial charge on any atom is -0.449 e. The minimum absolute atomic E-state index is 0.110. The van der Waals surface area contributed by atoms with Gasteiger partial charge < -0.3 is 4.74 Å². The van der Waals surface area contributed by atoms with Gasteiger partial charge in [-0.25, -0.2) is 4.39 Å². The van der Waals surface area contributed by atoms with Gasteiger partial charge in [-0.15, -0.1) is 0 Å². The molecule has 0 heterocycles. The quantitative estimate of drug-likeness (QED) is 0.612. The second-order valence-corrected chi connectivity index (χ2v) is 4.71. The van der Waals surface area contributed by atoms with Crippen LogP contribution >= 0.6 is 15.9 Å². The first-order valence-corrected chi connectivity index (χ1v) is 6.15. The lowest BCUT2D eigenvalue weighted by Crippen LogP contribution is -1.96. The van der Waals surface area contributed by atoms with Crippen molar-refractivity contribution >= 4 is 21.6 Å². The summed E-state index contributed by atoms with van der Waals surface area (Å²) in [7, 11) is 0. The first-order chi connectivity index (χ1) is 8.99. The van der Waals surface area contributed by atoms with Gasteiger partial charge in [-0.3, -0.25) is 10.1 Å². The van der Waals surface area contributed by atoms with Crippen molar-refractivity contribution in [2.45, 2.75) is 6.92 Å². The Morgan fingerprint density at radius 2 is 2.05 bits per heavy atom. The number of nitrogens with zero attached hydrogens (tertiary/aromatic N) is 1. The van der Waals surface area contributed by atoms with E-state index in [0.717, 1.165) is 0 Å². The molecule has 2 rings (SSSR count). The summed E-state index contributed by atoms with van der Waals surface area (Å²) < 4.78 is 19.2. The SMILES string of the molecule is Cc1cccc([N+](=O)[O-])c1Oc1cc(F)ccc1Br. The zero-order chi connectivity index (χ0) is 14.0. The molecule has 0 spiro atoms. The van der Waals surface area contributed by atoms with E-state index in [4.69, 9.17) is 4.74 Å². The molecule has 19 heavy (non-hydrogen) atoms. The number of benzene rings is 2. The molecule has 0 saturated carbocycles. The zero-order valence-electron chi connectivity index (χ0n) is 9.89. The molecule has 0 saturated heterocycles. The van der Waals surface area contributed by atoms with Crippen molar-refractivity contribution in [1.29, 1.82) is 0 Å². The summed E-state index contributed by atoms with van der Waals surface area (Å²) in [6.07, 6.45) is 0. The number of hydrogen-bond donors (Lipinski definition) is 0. The summed E-state index contributed by atoms with van der Waals surface area (Å²) in [5, 5.41) is 11.0. The third-order valence-electron chi connectivity index (χ3n) is 2.49. The molecule has 0 aliphatic carbocycles. The van der Waals surface area contributed by atoms with Gasteiger partial charge in [0.15, 0.2) is 0 Å². The third-order valence-corrected chi connectivity index (χ3v) is 3.15. The molecule has 0 unspecified atom stereocenters. The fraction of sp³-hybridized carbons (Fsp3) is 0.0769. The van der Waals surface area contributed by atoms with Crippen molar-refractivity contribution in [2.24, 2.45) is 0 Å². The number of halogens is 2. The van der Waals surface area contributed by atoms with Crippen LogP contribution in [0.1, 0.15) is 5.56 Å². The summed E-state index contributed by atoms with van der Waals surface area (Å²) >= 11 is 3.21. The normalized spacial score (nSPS) is 10.3.